The highest BCUT2D eigenvalue weighted by molar-refractivity contribution is 5.54. The van der Waals surface area contributed by atoms with Crippen molar-refractivity contribution in [2.75, 3.05) is 5.32 Å². The van der Waals surface area contributed by atoms with E-state index in [9.17, 15) is 4.79 Å². The average molecular weight is 188 g/mol. The lowest BCUT2D eigenvalue weighted by atomic mass is 10.3. The lowest BCUT2D eigenvalue weighted by Gasteiger charge is -2.02. The molecule has 0 amide bonds. The van der Waals surface area contributed by atoms with Crippen molar-refractivity contribution in [2.24, 2.45) is 0 Å². The minimum atomic E-state index is -0.467. The van der Waals surface area contributed by atoms with E-state index in [2.05, 4.69) is 20.5 Å². The first kappa shape index (κ1) is 8.43. The van der Waals surface area contributed by atoms with Crippen LogP contribution in [-0.4, -0.2) is 15.2 Å². The van der Waals surface area contributed by atoms with E-state index in [1.807, 2.05) is 30.3 Å². The number of hydrogen-bond donors (Lipinski definition) is 2. The van der Waals surface area contributed by atoms with Crippen LogP contribution in [0.15, 0.2) is 41.3 Å². The molecule has 2 N–H and O–H groups in total. The molecule has 70 valence electrons. The van der Waals surface area contributed by atoms with E-state index in [1.54, 1.807) is 0 Å². The number of rotatable bonds is 2. The zero-order valence-electron chi connectivity index (χ0n) is 7.27. The number of benzene rings is 1. The molecule has 5 heteroatoms. The summed E-state index contributed by atoms with van der Waals surface area (Å²) in [4.78, 5) is 14.5. The molecule has 1 heterocycles. The first-order chi connectivity index (χ1) is 6.84. The predicted molar refractivity (Wildman–Crippen MR) is 52.4 cm³/mol. The summed E-state index contributed by atoms with van der Waals surface area (Å²) in [5.74, 6) is 0.431. The van der Waals surface area contributed by atoms with Gasteiger partial charge in [0.25, 0.3) is 0 Å². The normalized spacial score (nSPS) is 9.71. The smallest absolute Gasteiger partial charge is 0.339 e. The summed E-state index contributed by atoms with van der Waals surface area (Å²) in [6.07, 6.45) is 1.45. The van der Waals surface area contributed by atoms with Gasteiger partial charge in [-0.15, -0.1) is 0 Å². The maximum Gasteiger partial charge on any atom is 0.363 e. The Hall–Kier alpha value is -2.17. The number of anilines is 2. The Morgan fingerprint density at radius 1 is 1.21 bits per heavy atom. The van der Waals surface area contributed by atoms with Gasteiger partial charge in [-0.2, -0.15) is 10.1 Å². The van der Waals surface area contributed by atoms with Gasteiger partial charge in [0, 0.05) is 5.69 Å². The summed E-state index contributed by atoms with van der Waals surface area (Å²) in [7, 11) is 0. The van der Waals surface area contributed by atoms with Crippen LogP contribution in [0.5, 0.6) is 0 Å². The second-order valence-electron chi connectivity index (χ2n) is 2.66. The molecular weight excluding hydrogens is 180 g/mol. The minimum absolute atomic E-state index is 0.431. The molecule has 0 radical (unpaired) electrons. The zero-order chi connectivity index (χ0) is 9.80. The largest absolute Gasteiger partial charge is 0.363 e. The highest BCUT2D eigenvalue weighted by Crippen LogP contribution is 2.10. The molecule has 2 aromatic rings. The van der Waals surface area contributed by atoms with E-state index >= 15 is 0 Å². The first-order valence-corrected chi connectivity index (χ1v) is 4.08. The molecule has 2 rings (SSSR count). The van der Waals surface area contributed by atoms with Crippen LogP contribution in [-0.2, 0) is 0 Å². The summed E-state index contributed by atoms with van der Waals surface area (Å²) >= 11 is 0. The number of nitrogens with zero attached hydrogens (tertiary/aromatic N) is 2. The van der Waals surface area contributed by atoms with Gasteiger partial charge in [0.1, 0.15) is 0 Å². The lowest BCUT2D eigenvalue weighted by Crippen LogP contribution is -2.13. The SMILES string of the molecule is O=c1nc(Nc2ccccc2)cn[nH]1. The molecule has 1 aromatic heterocycles. The third-order valence-corrected chi connectivity index (χ3v) is 1.62. The van der Waals surface area contributed by atoms with Crippen molar-refractivity contribution >= 4 is 11.5 Å². The molecule has 0 fully saturated rings. The van der Waals surface area contributed by atoms with Gasteiger partial charge in [-0.3, -0.25) is 0 Å². The van der Waals surface area contributed by atoms with Crippen LogP contribution in [0.1, 0.15) is 0 Å². The molecule has 0 spiro atoms. The van der Waals surface area contributed by atoms with Crippen LogP contribution < -0.4 is 11.0 Å². The van der Waals surface area contributed by atoms with Gasteiger partial charge in [-0.25, -0.2) is 9.89 Å². The summed E-state index contributed by atoms with van der Waals surface area (Å²) in [5.41, 5.74) is 0.401. The Bertz CT molecular complexity index is 465. The quantitative estimate of drug-likeness (QED) is 0.734. The molecule has 0 bridgehead atoms. The van der Waals surface area contributed by atoms with Crippen molar-refractivity contribution in [1.29, 1.82) is 0 Å². The van der Waals surface area contributed by atoms with Crippen molar-refractivity contribution in [2.45, 2.75) is 0 Å². The Kier molecular flexibility index (Phi) is 2.22. The fourth-order valence-corrected chi connectivity index (χ4v) is 1.04. The van der Waals surface area contributed by atoms with E-state index in [0.29, 0.717) is 5.82 Å². The van der Waals surface area contributed by atoms with E-state index in [1.165, 1.54) is 6.20 Å². The second-order valence-corrected chi connectivity index (χ2v) is 2.66. The molecule has 0 aliphatic carbocycles. The van der Waals surface area contributed by atoms with Crippen LogP contribution in [0.3, 0.4) is 0 Å². The molecule has 0 saturated heterocycles. The second kappa shape index (κ2) is 3.69. The molecule has 1 aromatic carbocycles. The number of para-hydroxylation sites is 1. The number of H-pyrrole nitrogens is 1. The van der Waals surface area contributed by atoms with Crippen LogP contribution in [0, 0.1) is 0 Å². The van der Waals surface area contributed by atoms with Crippen LogP contribution in [0.4, 0.5) is 11.5 Å². The topological polar surface area (TPSA) is 70.7 Å². The van der Waals surface area contributed by atoms with Crippen LogP contribution in [0.2, 0.25) is 0 Å². The summed E-state index contributed by atoms with van der Waals surface area (Å²) in [6, 6.07) is 9.45. The van der Waals surface area contributed by atoms with E-state index in [-0.39, 0.29) is 0 Å². The average Bonchev–Trinajstić information content (AvgIpc) is 2.19. The van der Waals surface area contributed by atoms with Crippen molar-refractivity contribution in [3.8, 4) is 0 Å². The van der Waals surface area contributed by atoms with Crippen molar-refractivity contribution in [1.82, 2.24) is 15.2 Å². The Labute approximate surface area is 79.8 Å². The third kappa shape index (κ3) is 1.95. The van der Waals surface area contributed by atoms with Crippen molar-refractivity contribution in [3.05, 3.63) is 47.0 Å². The summed E-state index contributed by atoms with van der Waals surface area (Å²) in [5, 5.41) is 8.77. The zero-order valence-corrected chi connectivity index (χ0v) is 7.27. The van der Waals surface area contributed by atoms with E-state index < -0.39 is 5.69 Å². The van der Waals surface area contributed by atoms with E-state index in [4.69, 9.17) is 0 Å². The van der Waals surface area contributed by atoms with Gasteiger partial charge in [-0.05, 0) is 12.1 Å². The van der Waals surface area contributed by atoms with Crippen molar-refractivity contribution in [3.63, 3.8) is 0 Å². The molecule has 14 heavy (non-hydrogen) atoms. The van der Waals surface area contributed by atoms with Gasteiger partial charge >= 0.3 is 5.69 Å². The Morgan fingerprint density at radius 3 is 2.71 bits per heavy atom. The number of hydrogen-bond acceptors (Lipinski definition) is 4. The fraction of sp³-hybridized carbons (Fsp3) is 0. The maximum absolute atomic E-state index is 10.8. The van der Waals surface area contributed by atoms with Gasteiger partial charge in [0.15, 0.2) is 5.82 Å². The number of aromatic amines is 1. The molecule has 0 aliphatic heterocycles. The Balaban J connectivity index is 2.24. The first-order valence-electron chi connectivity index (χ1n) is 4.08. The van der Waals surface area contributed by atoms with E-state index in [0.717, 1.165) is 5.69 Å². The highest BCUT2D eigenvalue weighted by atomic mass is 16.1. The Morgan fingerprint density at radius 2 is 2.00 bits per heavy atom. The van der Waals surface area contributed by atoms with Crippen LogP contribution in [0.25, 0.3) is 0 Å². The lowest BCUT2D eigenvalue weighted by molar-refractivity contribution is 0.919. The molecular formula is C9H8N4O. The van der Waals surface area contributed by atoms with Gasteiger partial charge < -0.3 is 5.32 Å². The molecule has 5 nitrogen and oxygen atoms in total. The highest BCUT2D eigenvalue weighted by Gasteiger charge is 1.95. The molecule has 0 saturated carbocycles. The monoisotopic (exact) mass is 188 g/mol. The predicted octanol–water partition coefficient (Wildman–Crippen LogP) is 0.908. The third-order valence-electron chi connectivity index (χ3n) is 1.62. The number of nitrogens with one attached hydrogen (secondary N) is 2. The fourth-order valence-electron chi connectivity index (χ4n) is 1.04. The summed E-state index contributed by atoms with van der Waals surface area (Å²) < 4.78 is 0. The van der Waals surface area contributed by atoms with Gasteiger partial charge in [-0.1, -0.05) is 18.2 Å². The standard InChI is InChI=1S/C9H8N4O/c14-9-12-8(6-10-13-9)11-7-4-2-1-3-5-7/h1-6H,(H2,11,12,13,14). The summed E-state index contributed by atoms with van der Waals surface area (Å²) in [6.45, 7) is 0. The minimum Gasteiger partial charge on any atom is -0.339 e. The maximum atomic E-state index is 10.8. The van der Waals surface area contributed by atoms with Gasteiger partial charge in [0.2, 0.25) is 0 Å². The number of aromatic nitrogens is 3. The molecule has 0 atom stereocenters. The molecule has 0 unspecified atom stereocenters. The van der Waals surface area contributed by atoms with Gasteiger partial charge in [0.05, 0.1) is 6.20 Å². The van der Waals surface area contributed by atoms with Crippen molar-refractivity contribution < 1.29 is 0 Å². The van der Waals surface area contributed by atoms with Crippen LogP contribution >= 0.6 is 0 Å². The molecule has 0 aliphatic rings.